The first-order chi connectivity index (χ1) is 13.9. The number of sulfonamides is 1. The maximum absolute atomic E-state index is 12.3. The molecule has 0 spiro atoms. The second kappa shape index (κ2) is 9.41. The molecule has 0 aliphatic heterocycles. The van der Waals surface area contributed by atoms with Gasteiger partial charge in [-0.15, -0.1) is 0 Å². The van der Waals surface area contributed by atoms with E-state index in [0.29, 0.717) is 11.6 Å². The highest BCUT2D eigenvalue weighted by Gasteiger charge is 2.21. The highest BCUT2D eigenvalue weighted by Crippen LogP contribution is 2.28. The molecular weight excluding hydrogens is 439 g/mol. The van der Waals surface area contributed by atoms with Crippen LogP contribution in [0, 0.1) is 0 Å². The Balaban J connectivity index is 1.49. The van der Waals surface area contributed by atoms with Crippen molar-refractivity contribution in [3.63, 3.8) is 0 Å². The number of oxazole rings is 1. The zero-order valence-corrected chi connectivity index (χ0v) is 17.3. The molecule has 0 fully saturated rings. The van der Waals surface area contributed by atoms with E-state index in [-0.39, 0.29) is 34.5 Å². The second-order valence-corrected chi connectivity index (χ2v) is 8.39. The predicted octanol–water partition coefficient (Wildman–Crippen LogP) is 4.06. The van der Waals surface area contributed by atoms with Crippen molar-refractivity contribution in [3.05, 3.63) is 70.5 Å². The lowest BCUT2D eigenvalue weighted by Gasteiger charge is -2.09. The van der Waals surface area contributed by atoms with Crippen LogP contribution >= 0.6 is 23.2 Å². The van der Waals surface area contributed by atoms with Gasteiger partial charge in [0.2, 0.25) is 15.9 Å². The van der Waals surface area contributed by atoms with E-state index in [9.17, 15) is 13.2 Å². The van der Waals surface area contributed by atoms with E-state index in [0.717, 1.165) is 5.56 Å². The normalized spacial score (nSPS) is 11.4. The van der Waals surface area contributed by atoms with Crippen molar-refractivity contribution in [2.75, 3.05) is 6.54 Å². The van der Waals surface area contributed by atoms with E-state index in [4.69, 9.17) is 32.4 Å². The number of nitrogens with zero attached hydrogens (tertiary/aromatic N) is 1. The summed E-state index contributed by atoms with van der Waals surface area (Å²) in [6.07, 6.45) is 1.22. The zero-order chi connectivity index (χ0) is 20.9. The van der Waals surface area contributed by atoms with Crippen LogP contribution in [-0.4, -0.2) is 25.9 Å². The lowest BCUT2D eigenvalue weighted by molar-refractivity contribution is -0.144. The monoisotopic (exact) mass is 454 g/mol. The van der Waals surface area contributed by atoms with Gasteiger partial charge in [0.1, 0.15) is 23.5 Å². The minimum Gasteiger partial charge on any atom is -0.459 e. The number of rotatable bonds is 8. The third-order valence-electron chi connectivity index (χ3n) is 3.76. The van der Waals surface area contributed by atoms with Crippen LogP contribution in [-0.2, 0) is 26.2 Å². The summed E-state index contributed by atoms with van der Waals surface area (Å²) in [6, 6.07) is 13.6. The van der Waals surface area contributed by atoms with Gasteiger partial charge in [0.15, 0.2) is 0 Å². The Morgan fingerprint density at radius 1 is 1.07 bits per heavy atom. The van der Waals surface area contributed by atoms with Crippen molar-refractivity contribution in [2.24, 2.45) is 0 Å². The number of ether oxygens (including phenoxy) is 1. The molecular formula is C19H16Cl2N2O5S. The van der Waals surface area contributed by atoms with E-state index >= 15 is 0 Å². The molecule has 1 N–H and O–H groups in total. The van der Waals surface area contributed by atoms with Crippen molar-refractivity contribution in [1.29, 1.82) is 0 Å². The van der Waals surface area contributed by atoms with Gasteiger partial charge in [0.25, 0.3) is 0 Å². The summed E-state index contributed by atoms with van der Waals surface area (Å²) in [7, 11) is -3.96. The van der Waals surface area contributed by atoms with E-state index < -0.39 is 16.0 Å². The number of nitrogens with one attached hydrogen (secondary N) is 1. The molecule has 0 amide bonds. The largest absolute Gasteiger partial charge is 0.459 e. The van der Waals surface area contributed by atoms with Gasteiger partial charge in [-0.2, -0.15) is 0 Å². The third kappa shape index (κ3) is 5.57. The van der Waals surface area contributed by atoms with Crippen LogP contribution in [0.2, 0.25) is 10.0 Å². The Morgan fingerprint density at radius 2 is 1.76 bits per heavy atom. The molecule has 0 saturated heterocycles. The molecule has 29 heavy (non-hydrogen) atoms. The van der Waals surface area contributed by atoms with Gasteiger partial charge in [0.05, 0.1) is 16.5 Å². The van der Waals surface area contributed by atoms with Gasteiger partial charge in [-0.3, -0.25) is 4.79 Å². The van der Waals surface area contributed by atoms with Crippen LogP contribution in [0.4, 0.5) is 0 Å². The standard InChI is InChI=1S/C19H16Cl2N2O5S/c20-15-7-4-8-16(21)18(15)29(25,26)22-10-9-17(24)27-11-14-12-28-19(23-14)13-5-2-1-3-6-13/h1-8,12,22H,9-11H2. The molecule has 0 unspecified atom stereocenters. The maximum Gasteiger partial charge on any atom is 0.307 e. The summed E-state index contributed by atoms with van der Waals surface area (Å²) in [5.74, 6) is -0.178. The Hall–Kier alpha value is -2.39. The number of aromatic nitrogens is 1. The topological polar surface area (TPSA) is 98.5 Å². The SMILES string of the molecule is O=C(CCNS(=O)(=O)c1c(Cl)cccc1Cl)OCc1coc(-c2ccccc2)n1. The van der Waals surface area contributed by atoms with Crippen molar-refractivity contribution in [2.45, 2.75) is 17.9 Å². The first-order valence-electron chi connectivity index (χ1n) is 8.46. The summed E-state index contributed by atoms with van der Waals surface area (Å²) < 4.78 is 37.4. The molecule has 0 radical (unpaired) electrons. The number of carbonyl (C=O) groups is 1. The minimum absolute atomic E-state index is 0.00664. The Labute approximate surface area is 177 Å². The predicted molar refractivity (Wildman–Crippen MR) is 108 cm³/mol. The lowest BCUT2D eigenvalue weighted by Crippen LogP contribution is -2.27. The van der Waals surface area contributed by atoms with Crippen molar-refractivity contribution < 1.29 is 22.4 Å². The molecule has 0 bridgehead atoms. The summed E-state index contributed by atoms with van der Waals surface area (Å²) in [4.78, 5) is 15.9. The first kappa shape index (κ1) is 21.3. The number of carbonyl (C=O) groups excluding carboxylic acids is 1. The Kier molecular flexibility index (Phi) is 6.92. The summed E-state index contributed by atoms with van der Waals surface area (Å²) in [5, 5.41) is -0.0133. The van der Waals surface area contributed by atoms with Crippen LogP contribution < -0.4 is 4.72 Å². The molecule has 0 saturated carbocycles. The summed E-state index contributed by atoms with van der Waals surface area (Å²) >= 11 is 11.8. The molecule has 0 aliphatic carbocycles. The van der Waals surface area contributed by atoms with Crippen LogP contribution in [0.5, 0.6) is 0 Å². The molecule has 0 aliphatic rings. The molecule has 3 rings (SSSR count). The van der Waals surface area contributed by atoms with Crippen LogP contribution in [0.25, 0.3) is 11.5 Å². The van der Waals surface area contributed by atoms with Gasteiger partial charge in [-0.25, -0.2) is 18.1 Å². The van der Waals surface area contributed by atoms with Gasteiger partial charge < -0.3 is 9.15 Å². The molecule has 3 aromatic rings. The van der Waals surface area contributed by atoms with Gasteiger partial charge >= 0.3 is 5.97 Å². The highest BCUT2D eigenvalue weighted by atomic mass is 35.5. The van der Waals surface area contributed by atoms with Gasteiger partial charge in [-0.05, 0) is 24.3 Å². The molecule has 7 nitrogen and oxygen atoms in total. The van der Waals surface area contributed by atoms with Crippen LogP contribution in [0.3, 0.4) is 0 Å². The Morgan fingerprint density at radius 3 is 2.45 bits per heavy atom. The fourth-order valence-corrected chi connectivity index (χ4v) is 4.58. The zero-order valence-electron chi connectivity index (χ0n) is 15.0. The smallest absolute Gasteiger partial charge is 0.307 e. The van der Waals surface area contributed by atoms with Crippen molar-refractivity contribution >= 4 is 39.2 Å². The quantitative estimate of drug-likeness (QED) is 0.515. The average molecular weight is 455 g/mol. The third-order valence-corrected chi connectivity index (χ3v) is 6.18. The lowest BCUT2D eigenvalue weighted by atomic mass is 10.2. The molecule has 1 aromatic heterocycles. The van der Waals surface area contributed by atoms with E-state index in [1.54, 1.807) is 0 Å². The van der Waals surface area contributed by atoms with Crippen LogP contribution in [0.1, 0.15) is 12.1 Å². The van der Waals surface area contributed by atoms with Crippen LogP contribution in [0.15, 0.2) is 64.1 Å². The average Bonchev–Trinajstić information content (AvgIpc) is 3.16. The molecule has 0 atom stereocenters. The van der Waals surface area contributed by atoms with E-state index in [1.165, 1.54) is 24.5 Å². The van der Waals surface area contributed by atoms with E-state index in [1.807, 2.05) is 30.3 Å². The fraction of sp³-hybridized carbons (Fsp3) is 0.158. The van der Waals surface area contributed by atoms with E-state index in [2.05, 4.69) is 9.71 Å². The van der Waals surface area contributed by atoms with Crippen molar-refractivity contribution in [1.82, 2.24) is 9.71 Å². The molecule has 1 heterocycles. The minimum atomic E-state index is -3.96. The summed E-state index contributed by atoms with van der Waals surface area (Å²) in [6.45, 7) is -0.255. The maximum atomic E-state index is 12.3. The van der Waals surface area contributed by atoms with Crippen molar-refractivity contribution in [3.8, 4) is 11.5 Å². The highest BCUT2D eigenvalue weighted by molar-refractivity contribution is 7.89. The first-order valence-corrected chi connectivity index (χ1v) is 10.7. The Bertz CT molecular complexity index is 1080. The van der Waals surface area contributed by atoms with Gasteiger partial charge in [0, 0.05) is 12.1 Å². The second-order valence-electron chi connectivity index (χ2n) is 5.87. The number of hydrogen-bond donors (Lipinski definition) is 1. The molecule has 152 valence electrons. The number of hydrogen-bond acceptors (Lipinski definition) is 6. The number of benzene rings is 2. The number of esters is 1. The molecule has 10 heteroatoms. The van der Waals surface area contributed by atoms with Gasteiger partial charge in [-0.1, -0.05) is 47.5 Å². The molecule has 2 aromatic carbocycles. The summed E-state index contributed by atoms with van der Waals surface area (Å²) in [5.41, 5.74) is 1.25. The number of halogens is 2. The fourth-order valence-electron chi connectivity index (χ4n) is 2.41.